The van der Waals surface area contributed by atoms with E-state index < -0.39 is 29.0 Å². The Morgan fingerprint density at radius 2 is 1.83 bits per heavy atom. The van der Waals surface area contributed by atoms with Crippen LogP contribution in [0.15, 0.2) is 10.7 Å². The van der Waals surface area contributed by atoms with Gasteiger partial charge in [-0.1, -0.05) is 0 Å². The number of carbonyl (C=O) groups is 2. The number of hydrogen-bond donors (Lipinski definition) is 3. The lowest BCUT2D eigenvalue weighted by Gasteiger charge is -1.90. The minimum Gasteiger partial charge on any atom is -0.504 e. The molecule has 0 bridgehead atoms. The predicted molar refractivity (Wildman–Crippen MR) is 34.3 cm³/mol. The molecule has 1 aromatic rings. The highest BCUT2D eigenvalue weighted by molar-refractivity contribution is 6.01. The summed E-state index contributed by atoms with van der Waals surface area (Å²) in [5, 5.41) is 25.6. The molecule has 1 aromatic heterocycles. The Morgan fingerprint density at radius 1 is 1.25 bits per heavy atom. The Hall–Kier alpha value is -1.98. The van der Waals surface area contributed by atoms with Crippen molar-refractivity contribution < 1.29 is 29.3 Å². The van der Waals surface area contributed by atoms with Crippen LogP contribution in [0.1, 0.15) is 20.9 Å². The average molecular weight is 172 g/mol. The zero-order valence-electron chi connectivity index (χ0n) is 5.64. The fourth-order valence-corrected chi connectivity index (χ4v) is 0.713. The van der Waals surface area contributed by atoms with Gasteiger partial charge in [-0.05, 0) is 0 Å². The van der Waals surface area contributed by atoms with Crippen LogP contribution < -0.4 is 0 Å². The summed E-state index contributed by atoms with van der Waals surface area (Å²) in [6.07, 6.45) is 0.660. The first-order chi connectivity index (χ1) is 5.54. The van der Waals surface area contributed by atoms with Gasteiger partial charge >= 0.3 is 11.9 Å². The molecule has 0 aliphatic rings. The molecule has 1 heterocycles. The molecule has 0 aliphatic carbocycles. The number of hydrogen-bond acceptors (Lipinski definition) is 4. The highest BCUT2D eigenvalue weighted by Gasteiger charge is 2.24. The van der Waals surface area contributed by atoms with Gasteiger partial charge in [-0.3, -0.25) is 0 Å². The van der Waals surface area contributed by atoms with Crippen molar-refractivity contribution in [2.45, 2.75) is 0 Å². The maximum absolute atomic E-state index is 10.3. The third kappa shape index (κ3) is 1.09. The van der Waals surface area contributed by atoms with E-state index in [1.54, 1.807) is 0 Å². The summed E-state index contributed by atoms with van der Waals surface area (Å²) < 4.78 is 4.29. The minimum absolute atomic E-state index is 0.660. The third-order valence-electron chi connectivity index (χ3n) is 1.18. The van der Waals surface area contributed by atoms with E-state index in [9.17, 15) is 9.59 Å². The Balaban J connectivity index is 3.31. The fraction of sp³-hybridized carbons (Fsp3) is 0. The lowest BCUT2D eigenvalue weighted by Crippen LogP contribution is -2.04. The molecule has 12 heavy (non-hydrogen) atoms. The number of carboxylic acids is 2. The van der Waals surface area contributed by atoms with Gasteiger partial charge in [0.1, 0.15) is 6.26 Å². The highest BCUT2D eigenvalue weighted by atomic mass is 16.4. The molecule has 0 unspecified atom stereocenters. The summed E-state index contributed by atoms with van der Waals surface area (Å²) in [5.41, 5.74) is -0.734. The zero-order chi connectivity index (χ0) is 9.30. The van der Waals surface area contributed by atoms with E-state index in [1.807, 2.05) is 0 Å². The SMILES string of the molecule is O=C(O)c1occ(O)c1C(=O)O. The molecule has 0 aliphatic heterocycles. The molecule has 0 fully saturated rings. The van der Waals surface area contributed by atoms with Gasteiger partial charge in [0.05, 0.1) is 0 Å². The molecule has 0 saturated heterocycles. The monoisotopic (exact) mass is 172 g/mol. The fourth-order valence-electron chi connectivity index (χ4n) is 0.713. The van der Waals surface area contributed by atoms with E-state index >= 15 is 0 Å². The van der Waals surface area contributed by atoms with Gasteiger partial charge in [-0.25, -0.2) is 9.59 Å². The quantitative estimate of drug-likeness (QED) is 0.595. The van der Waals surface area contributed by atoms with Gasteiger partial charge in [-0.15, -0.1) is 0 Å². The molecule has 0 spiro atoms. The van der Waals surface area contributed by atoms with Crippen LogP contribution in [0.3, 0.4) is 0 Å². The van der Waals surface area contributed by atoms with Crippen molar-refractivity contribution in [1.29, 1.82) is 0 Å². The summed E-state index contributed by atoms with van der Waals surface area (Å²) in [5.74, 6) is -4.55. The molecule has 6 heteroatoms. The smallest absolute Gasteiger partial charge is 0.372 e. The number of rotatable bonds is 2. The van der Waals surface area contributed by atoms with Gasteiger partial charge in [0, 0.05) is 0 Å². The molecule has 3 N–H and O–H groups in total. The summed E-state index contributed by atoms with van der Waals surface area (Å²) in [6, 6.07) is 0. The predicted octanol–water partition coefficient (Wildman–Crippen LogP) is 0.382. The van der Waals surface area contributed by atoms with Crippen LogP contribution in [0.4, 0.5) is 0 Å². The lowest BCUT2D eigenvalue weighted by molar-refractivity contribution is 0.0624. The molecular weight excluding hydrogens is 168 g/mol. The van der Waals surface area contributed by atoms with Crippen LogP contribution in [0.25, 0.3) is 0 Å². The molecule has 0 saturated carbocycles. The number of aromatic carboxylic acids is 2. The molecule has 64 valence electrons. The van der Waals surface area contributed by atoms with Crippen LogP contribution in [0.2, 0.25) is 0 Å². The maximum Gasteiger partial charge on any atom is 0.372 e. The van der Waals surface area contributed by atoms with E-state index in [-0.39, 0.29) is 0 Å². The van der Waals surface area contributed by atoms with E-state index in [0.717, 1.165) is 0 Å². The van der Waals surface area contributed by atoms with Gasteiger partial charge in [0.25, 0.3) is 0 Å². The first-order valence-electron chi connectivity index (χ1n) is 2.81. The largest absolute Gasteiger partial charge is 0.504 e. The molecule has 0 aromatic carbocycles. The number of carboxylic acid groups (broad SMARTS) is 2. The van der Waals surface area contributed by atoms with E-state index in [0.29, 0.717) is 6.26 Å². The third-order valence-corrected chi connectivity index (χ3v) is 1.18. The molecule has 6 nitrogen and oxygen atoms in total. The second-order valence-electron chi connectivity index (χ2n) is 1.94. The zero-order valence-corrected chi connectivity index (χ0v) is 5.64. The molecule has 1 rings (SSSR count). The summed E-state index contributed by atoms with van der Waals surface area (Å²) >= 11 is 0. The van der Waals surface area contributed by atoms with Gasteiger partial charge in [0.2, 0.25) is 5.76 Å². The van der Waals surface area contributed by atoms with Crippen molar-refractivity contribution in [2.75, 3.05) is 0 Å². The van der Waals surface area contributed by atoms with E-state index in [2.05, 4.69) is 4.42 Å². The van der Waals surface area contributed by atoms with Crippen LogP contribution >= 0.6 is 0 Å². The highest BCUT2D eigenvalue weighted by Crippen LogP contribution is 2.23. The van der Waals surface area contributed by atoms with Crippen molar-refractivity contribution in [3.8, 4) is 5.75 Å². The molecular formula is C6H4O6. The van der Waals surface area contributed by atoms with Crippen LogP contribution in [0.5, 0.6) is 5.75 Å². The number of furan rings is 1. The Morgan fingerprint density at radius 3 is 2.17 bits per heavy atom. The van der Waals surface area contributed by atoms with E-state index in [4.69, 9.17) is 15.3 Å². The van der Waals surface area contributed by atoms with E-state index in [1.165, 1.54) is 0 Å². The van der Waals surface area contributed by atoms with Crippen molar-refractivity contribution in [3.63, 3.8) is 0 Å². The lowest BCUT2D eigenvalue weighted by atomic mass is 10.2. The van der Waals surface area contributed by atoms with Crippen molar-refractivity contribution in [3.05, 3.63) is 17.6 Å². The minimum atomic E-state index is -1.54. The van der Waals surface area contributed by atoms with Crippen molar-refractivity contribution in [2.24, 2.45) is 0 Å². The van der Waals surface area contributed by atoms with Gasteiger partial charge < -0.3 is 19.7 Å². The van der Waals surface area contributed by atoms with Crippen LogP contribution in [-0.2, 0) is 0 Å². The van der Waals surface area contributed by atoms with Crippen molar-refractivity contribution >= 4 is 11.9 Å². The second kappa shape index (κ2) is 2.57. The first-order valence-corrected chi connectivity index (χ1v) is 2.81. The molecule has 0 amide bonds. The first kappa shape index (κ1) is 8.12. The summed E-state index contributed by atoms with van der Waals surface area (Å²) in [7, 11) is 0. The second-order valence-corrected chi connectivity index (χ2v) is 1.94. The van der Waals surface area contributed by atoms with Crippen LogP contribution in [-0.4, -0.2) is 27.3 Å². The van der Waals surface area contributed by atoms with Crippen molar-refractivity contribution in [1.82, 2.24) is 0 Å². The Kier molecular flexibility index (Phi) is 1.74. The Labute approximate surface area is 65.7 Å². The normalized spacial score (nSPS) is 9.67. The Bertz CT molecular complexity index is 336. The van der Waals surface area contributed by atoms with Gasteiger partial charge in [0.15, 0.2) is 11.3 Å². The maximum atomic E-state index is 10.3. The topological polar surface area (TPSA) is 108 Å². The standard InChI is InChI=1S/C6H4O6/c7-2-1-12-4(6(10)11)3(2)5(8)9/h1,7H,(H,8,9)(H,10,11). The summed E-state index contributed by atoms with van der Waals surface area (Å²) in [4.78, 5) is 20.6. The number of aromatic hydroxyl groups is 1. The molecule has 0 radical (unpaired) electrons. The van der Waals surface area contributed by atoms with Gasteiger partial charge in [-0.2, -0.15) is 0 Å². The average Bonchev–Trinajstić information content (AvgIpc) is 2.30. The summed E-state index contributed by atoms with van der Waals surface area (Å²) in [6.45, 7) is 0. The van der Waals surface area contributed by atoms with Crippen LogP contribution in [0, 0.1) is 0 Å². The molecule has 0 atom stereocenters.